The minimum Gasteiger partial charge on any atom is -0.462 e. The lowest BCUT2D eigenvalue weighted by Crippen LogP contribution is -2.45. The molecule has 9 nitrogen and oxygen atoms in total. The first-order valence-electron chi connectivity index (χ1n) is 21.4. The third kappa shape index (κ3) is 33.3. The molecule has 0 amide bonds. The van der Waals surface area contributed by atoms with Crippen LogP contribution in [0.4, 0.5) is 0 Å². The summed E-state index contributed by atoms with van der Waals surface area (Å²) in [5, 5.41) is 0. The topological polar surface area (TPSA) is 108 Å². The third-order valence-electron chi connectivity index (χ3n) is 9.74. The Balaban J connectivity index is 4.22. The van der Waals surface area contributed by atoms with Crippen LogP contribution in [0.15, 0.2) is 12.2 Å². The number of unbranched alkanes of at least 4 members (excludes halogenated alkanes) is 19. The van der Waals surface area contributed by atoms with Gasteiger partial charge in [-0.25, -0.2) is 4.57 Å². The van der Waals surface area contributed by atoms with Crippen molar-refractivity contribution in [1.29, 1.82) is 0 Å². The van der Waals surface area contributed by atoms with Gasteiger partial charge in [0, 0.05) is 12.8 Å². The summed E-state index contributed by atoms with van der Waals surface area (Å²) < 4.78 is 33.7. The van der Waals surface area contributed by atoms with Gasteiger partial charge in [0.05, 0.1) is 40.4 Å². The molecule has 0 bridgehead atoms. The van der Waals surface area contributed by atoms with Crippen LogP contribution in [-0.2, 0) is 32.7 Å². The van der Waals surface area contributed by atoms with Crippen molar-refractivity contribution in [3.8, 4) is 0 Å². The van der Waals surface area contributed by atoms with Crippen LogP contribution in [0.3, 0.4) is 0 Å². The third-order valence-corrected chi connectivity index (χ3v) is 10.8. The molecule has 2 unspecified atom stereocenters. The molecular weight excluding hydrogens is 677 g/mol. The van der Waals surface area contributed by atoms with E-state index >= 15 is 0 Å². The Kier molecular flexibility index (Phi) is 33.4. The highest BCUT2D eigenvalue weighted by Gasteiger charge is 2.26. The fraction of sp³-hybridized carbons (Fsp3) is 0.905. The molecule has 0 fully saturated rings. The standard InChI is InChI=1S/C42H82NO8P/c1-7-10-12-13-14-15-16-17-18-22-25-28-31-35-41(44)48-37-40(38-50-52(46,47)49-9-3)51-42(45)36-32-29-26-23-20-19-21-24-27-30-34-39(33-11-8-2)43(4,5)6/h21,24,39-40H,7-20,22-23,25-38H2,1-6H3/p+1/b24-21-/t39?,40-/m1/s1. The number of carbonyl (C=O) groups excluding carboxylic acids is 2. The van der Waals surface area contributed by atoms with Gasteiger partial charge in [0.1, 0.15) is 6.61 Å². The largest absolute Gasteiger partial charge is 0.472 e. The Morgan fingerprint density at radius 3 is 1.58 bits per heavy atom. The number of ether oxygens (including phenoxy) is 2. The normalized spacial score (nSPS) is 14.4. The van der Waals surface area contributed by atoms with Gasteiger partial charge in [-0.05, 0) is 64.7 Å². The number of esters is 2. The Morgan fingerprint density at radius 1 is 0.596 bits per heavy atom. The summed E-state index contributed by atoms with van der Waals surface area (Å²) in [7, 11) is 2.66. The Morgan fingerprint density at radius 2 is 1.06 bits per heavy atom. The van der Waals surface area contributed by atoms with E-state index in [2.05, 4.69) is 47.1 Å². The molecule has 0 spiro atoms. The average Bonchev–Trinajstić information content (AvgIpc) is 3.09. The fourth-order valence-electron chi connectivity index (χ4n) is 6.41. The molecule has 0 aliphatic heterocycles. The second-order valence-electron chi connectivity index (χ2n) is 15.6. The van der Waals surface area contributed by atoms with Crippen molar-refractivity contribution in [3.05, 3.63) is 12.2 Å². The number of phosphoric acid groups is 1. The lowest BCUT2D eigenvalue weighted by atomic mass is 10.0. The SMILES string of the molecule is CCCCCCCCCCCCCCCC(=O)OC[C@H](COP(=O)(O)OCC)OC(=O)CCCCCCC/C=C\CCCC(CCCC)[N+](C)(C)C. The van der Waals surface area contributed by atoms with Crippen LogP contribution in [0, 0.1) is 0 Å². The van der Waals surface area contributed by atoms with E-state index in [1.165, 1.54) is 96.3 Å². The monoisotopic (exact) mass is 761 g/mol. The lowest BCUT2D eigenvalue weighted by molar-refractivity contribution is -0.896. The zero-order valence-corrected chi connectivity index (χ0v) is 35.6. The Hall–Kier alpha value is -1.25. The summed E-state index contributed by atoms with van der Waals surface area (Å²) in [6.45, 7) is 5.48. The first-order chi connectivity index (χ1) is 24.9. The van der Waals surface area contributed by atoms with Crippen LogP contribution < -0.4 is 0 Å². The summed E-state index contributed by atoms with van der Waals surface area (Å²) >= 11 is 0. The molecule has 0 aliphatic carbocycles. The number of allylic oxidation sites excluding steroid dienone is 2. The molecule has 308 valence electrons. The van der Waals surface area contributed by atoms with Crippen molar-refractivity contribution in [1.82, 2.24) is 0 Å². The molecule has 0 saturated carbocycles. The minimum atomic E-state index is -4.28. The second kappa shape index (κ2) is 34.3. The van der Waals surface area contributed by atoms with E-state index in [0.29, 0.717) is 12.8 Å². The summed E-state index contributed by atoms with van der Waals surface area (Å²) in [4.78, 5) is 34.8. The van der Waals surface area contributed by atoms with E-state index in [0.717, 1.165) is 68.3 Å². The Bertz CT molecular complexity index is 922. The van der Waals surface area contributed by atoms with Crippen LogP contribution in [0.25, 0.3) is 0 Å². The fourth-order valence-corrected chi connectivity index (χ4v) is 7.17. The number of phosphoric ester groups is 1. The first kappa shape index (κ1) is 50.8. The van der Waals surface area contributed by atoms with Gasteiger partial charge in [-0.2, -0.15) is 0 Å². The number of rotatable bonds is 38. The predicted molar refractivity (Wildman–Crippen MR) is 215 cm³/mol. The molecule has 0 rings (SSSR count). The van der Waals surface area contributed by atoms with Crippen molar-refractivity contribution in [2.24, 2.45) is 0 Å². The van der Waals surface area contributed by atoms with Gasteiger partial charge in [0.2, 0.25) is 0 Å². The second-order valence-corrected chi connectivity index (χ2v) is 17.0. The zero-order valence-electron chi connectivity index (χ0n) is 34.7. The quantitative estimate of drug-likeness (QED) is 0.0218. The van der Waals surface area contributed by atoms with E-state index < -0.39 is 26.5 Å². The molecule has 0 aromatic carbocycles. The van der Waals surface area contributed by atoms with Crippen molar-refractivity contribution in [3.63, 3.8) is 0 Å². The average molecular weight is 761 g/mol. The van der Waals surface area contributed by atoms with E-state index in [9.17, 15) is 19.0 Å². The molecule has 3 atom stereocenters. The molecule has 0 aliphatic rings. The van der Waals surface area contributed by atoms with Crippen molar-refractivity contribution in [2.75, 3.05) is 41.0 Å². The minimum absolute atomic E-state index is 0.000648. The van der Waals surface area contributed by atoms with Gasteiger partial charge >= 0.3 is 19.8 Å². The van der Waals surface area contributed by atoms with Gasteiger partial charge < -0.3 is 18.9 Å². The molecule has 0 aromatic rings. The van der Waals surface area contributed by atoms with E-state index in [4.69, 9.17) is 18.5 Å². The number of carbonyl (C=O) groups is 2. The number of hydrogen-bond acceptors (Lipinski definition) is 7. The van der Waals surface area contributed by atoms with Crippen LogP contribution >= 0.6 is 7.82 Å². The van der Waals surface area contributed by atoms with Crippen LogP contribution in [0.5, 0.6) is 0 Å². The highest BCUT2D eigenvalue weighted by molar-refractivity contribution is 7.47. The smallest absolute Gasteiger partial charge is 0.462 e. The molecule has 10 heteroatoms. The lowest BCUT2D eigenvalue weighted by Gasteiger charge is -2.34. The molecular formula is C42H83NO8P+. The highest BCUT2D eigenvalue weighted by Crippen LogP contribution is 2.43. The number of quaternary nitrogens is 1. The number of hydrogen-bond donors (Lipinski definition) is 1. The molecule has 0 saturated heterocycles. The maximum Gasteiger partial charge on any atom is 0.472 e. The summed E-state index contributed by atoms with van der Waals surface area (Å²) in [6.07, 6.45) is 33.8. The molecule has 0 radical (unpaired) electrons. The van der Waals surface area contributed by atoms with Crippen LogP contribution in [0.2, 0.25) is 0 Å². The van der Waals surface area contributed by atoms with Crippen LogP contribution in [0.1, 0.15) is 194 Å². The van der Waals surface area contributed by atoms with Crippen molar-refractivity contribution >= 4 is 19.8 Å². The first-order valence-corrected chi connectivity index (χ1v) is 22.9. The van der Waals surface area contributed by atoms with Gasteiger partial charge in [0.25, 0.3) is 0 Å². The van der Waals surface area contributed by atoms with Crippen LogP contribution in [-0.4, -0.2) is 74.4 Å². The molecule has 0 aromatic heterocycles. The van der Waals surface area contributed by atoms with Gasteiger partial charge in [-0.3, -0.25) is 18.6 Å². The van der Waals surface area contributed by atoms with Gasteiger partial charge in [-0.15, -0.1) is 0 Å². The summed E-state index contributed by atoms with van der Waals surface area (Å²) in [5.74, 6) is -0.803. The van der Waals surface area contributed by atoms with Crippen molar-refractivity contribution in [2.45, 2.75) is 206 Å². The number of nitrogens with zero attached hydrogens (tertiary/aromatic N) is 1. The summed E-state index contributed by atoms with van der Waals surface area (Å²) in [5.41, 5.74) is 0. The van der Waals surface area contributed by atoms with E-state index in [-0.39, 0.29) is 25.6 Å². The molecule has 52 heavy (non-hydrogen) atoms. The maximum atomic E-state index is 12.6. The predicted octanol–water partition coefficient (Wildman–Crippen LogP) is 11.8. The summed E-state index contributed by atoms with van der Waals surface area (Å²) in [6, 6.07) is 0.741. The van der Waals surface area contributed by atoms with Crippen molar-refractivity contribution < 1.29 is 42.1 Å². The van der Waals surface area contributed by atoms with E-state index in [1.54, 1.807) is 6.92 Å². The maximum absolute atomic E-state index is 12.6. The van der Waals surface area contributed by atoms with Gasteiger partial charge in [0.15, 0.2) is 6.10 Å². The molecule has 1 N–H and O–H groups in total. The van der Waals surface area contributed by atoms with Gasteiger partial charge in [-0.1, -0.05) is 129 Å². The zero-order chi connectivity index (χ0) is 38.8. The van der Waals surface area contributed by atoms with E-state index in [1.807, 2.05) is 0 Å². The highest BCUT2D eigenvalue weighted by atomic mass is 31.2. The Labute approximate surface area is 320 Å². The molecule has 0 heterocycles.